The lowest BCUT2D eigenvalue weighted by Crippen LogP contribution is -2.54. The fourth-order valence-electron chi connectivity index (χ4n) is 4.31. The number of alkyl carbamates (subject to hydrolysis) is 1. The zero-order valence-electron chi connectivity index (χ0n) is 24.3. The van der Waals surface area contributed by atoms with E-state index < -0.39 is 23.8 Å². The number of hydrogen-bond donors (Lipinski definition) is 3. The molecule has 0 aliphatic heterocycles. The van der Waals surface area contributed by atoms with Crippen LogP contribution in [0.3, 0.4) is 0 Å². The second-order valence-corrected chi connectivity index (χ2v) is 11.2. The molecule has 0 aliphatic rings. The normalized spacial score (nSPS) is 12.8. The number of amides is 3. The Kier molecular flexibility index (Phi) is 12.8. The molecule has 0 spiro atoms. The van der Waals surface area contributed by atoms with E-state index in [0.717, 1.165) is 47.9 Å². The lowest BCUT2D eigenvalue weighted by Gasteiger charge is -2.35. The van der Waals surface area contributed by atoms with Gasteiger partial charge in [-0.3, -0.25) is 9.59 Å². The zero-order valence-corrected chi connectivity index (χ0v) is 25.1. The summed E-state index contributed by atoms with van der Waals surface area (Å²) in [5.41, 5.74) is 2.99. The van der Waals surface area contributed by atoms with Gasteiger partial charge in [-0.25, -0.2) is 4.79 Å². The molecular weight excluding hydrogens is 510 g/mol. The number of nitrogens with zero attached hydrogens (tertiary/aromatic N) is 1. The molecule has 2 aromatic carbocycles. The number of carbonyl (C=O) groups is 3. The van der Waals surface area contributed by atoms with Crippen LogP contribution in [0, 0.1) is 13.8 Å². The van der Waals surface area contributed by atoms with Crippen LogP contribution >= 0.6 is 12.6 Å². The van der Waals surface area contributed by atoms with Gasteiger partial charge in [0.05, 0.1) is 0 Å². The first kappa shape index (κ1) is 32.2. The molecule has 2 atom stereocenters. The van der Waals surface area contributed by atoms with E-state index >= 15 is 0 Å². The summed E-state index contributed by atoms with van der Waals surface area (Å²) in [6.07, 6.45) is 3.04. The van der Waals surface area contributed by atoms with Gasteiger partial charge in [0.2, 0.25) is 11.8 Å². The van der Waals surface area contributed by atoms with E-state index in [1.165, 1.54) is 0 Å². The van der Waals surface area contributed by atoms with Crippen molar-refractivity contribution in [3.05, 3.63) is 70.8 Å². The molecule has 0 aromatic heterocycles. The van der Waals surface area contributed by atoms with E-state index in [0.29, 0.717) is 13.1 Å². The second-order valence-electron chi connectivity index (χ2n) is 10.9. The maximum Gasteiger partial charge on any atom is 0.408 e. The van der Waals surface area contributed by atoms with Crippen LogP contribution in [0.15, 0.2) is 48.5 Å². The Labute approximate surface area is 239 Å². The maximum absolute atomic E-state index is 14.1. The quantitative estimate of drug-likeness (QED) is 0.212. The van der Waals surface area contributed by atoms with Crippen LogP contribution in [0.2, 0.25) is 0 Å². The Morgan fingerprint density at radius 2 is 1.67 bits per heavy atom. The molecule has 0 radical (unpaired) electrons. The number of thiol groups is 1. The Bertz CT molecular complexity index is 1080. The summed E-state index contributed by atoms with van der Waals surface area (Å²) in [6, 6.07) is 13.6. The number of unbranched alkanes of at least 4 members (excludes halogenated alkanes) is 3. The van der Waals surface area contributed by atoms with Crippen molar-refractivity contribution in [3.8, 4) is 0 Å². The zero-order chi connectivity index (χ0) is 29.0. The molecule has 0 heterocycles. The monoisotopic (exact) mass is 555 g/mol. The van der Waals surface area contributed by atoms with Crippen molar-refractivity contribution in [3.63, 3.8) is 0 Å². The number of carbonyl (C=O) groups excluding carboxylic acids is 3. The molecule has 7 nitrogen and oxygen atoms in total. The van der Waals surface area contributed by atoms with E-state index in [1.807, 2.05) is 62.4 Å². The number of nitrogens with one attached hydrogen (secondary N) is 2. The summed E-state index contributed by atoms with van der Waals surface area (Å²) < 4.78 is 5.39. The van der Waals surface area contributed by atoms with Crippen molar-refractivity contribution in [2.45, 2.75) is 91.5 Å². The molecule has 0 saturated carbocycles. The van der Waals surface area contributed by atoms with E-state index in [-0.39, 0.29) is 17.6 Å². The molecule has 2 unspecified atom stereocenters. The number of hydrogen-bond acceptors (Lipinski definition) is 5. The van der Waals surface area contributed by atoms with E-state index in [1.54, 1.807) is 25.7 Å². The van der Waals surface area contributed by atoms with Gasteiger partial charge in [-0.05, 0) is 63.3 Å². The van der Waals surface area contributed by atoms with Gasteiger partial charge in [-0.2, -0.15) is 12.6 Å². The largest absolute Gasteiger partial charge is 0.444 e. The highest BCUT2D eigenvalue weighted by Gasteiger charge is 2.36. The average molecular weight is 556 g/mol. The predicted octanol–water partition coefficient (Wildman–Crippen LogP) is 5.89. The highest BCUT2D eigenvalue weighted by atomic mass is 32.1. The van der Waals surface area contributed by atoms with Crippen molar-refractivity contribution in [1.29, 1.82) is 0 Å². The van der Waals surface area contributed by atoms with Crippen molar-refractivity contribution in [1.82, 2.24) is 15.5 Å². The Hall–Kier alpha value is -3.00. The summed E-state index contributed by atoms with van der Waals surface area (Å²) in [7, 11) is 0. The average Bonchev–Trinajstić information content (AvgIpc) is 2.89. The smallest absolute Gasteiger partial charge is 0.408 e. The van der Waals surface area contributed by atoms with Crippen molar-refractivity contribution in [2.24, 2.45) is 0 Å². The lowest BCUT2D eigenvalue weighted by atomic mass is 9.94. The van der Waals surface area contributed by atoms with Gasteiger partial charge in [0.1, 0.15) is 17.7 Å². The van der Waals surface area contributed by atoms with Gasteiger partial charge < -0.3 is 20.3 Å². The van der Waals surface area contributed by atoms with Gasteiger partial charge in [-0.15, -0.1) is 0 Å². The molecule has 214 valence electrons. The fraction of sp³-hybridized carbons (Fsp3) is 0.516. The molecule has 2 N–H and O–H groups in total. The molecule has 3 amide bonds. The van der Waals surface area contributed by atoms with Crippen LogP contribution in [0.5, 0.6) is 0 Å². The van der Waals surface area contributed by atoms with Gasteiger partial charge in [0, 0.05) is 18.8 Å². The molecule has 8 heteroatoms. The van der Waals surface area contributed by atoms with Crippen LogP contribution in [0.25, 0.3) is 0 Å². The van der Waals surface area contributed by atoms with Crippen molar-refractivity contribution < 1.29 is 19.1 Å². The molecule has 0 aliphatic carbocycles. The SMILES string of the molecule is CCCCCCN(C(=O)C(CS)NC(=O)OC(C)(C)C)C(C(=O)NCc1ccccc1)c1cccc(C)c1C. The van der Waals surface area contributed by atoms with Gasteiger partial charge >= 0.3 is 6.09 Å². The topological polar surface area (TPSA) is 87.7 Å². The third-order valence-corrected chi connectivity index (χ3v) is 6.88. The molecule has 0 fully saturated rings. The summed E-state index contributed by atoms with van der Waals surface area (Å²) in [5, 5.41) is 5.72. The first-order valence-electron chi connectivity index (χ1n) is 13.8. The third-order valence-electron chi connectivity index (χ3n) is 6.52. The van der Waals surface area contributed by atoms with Crippen LogP contribution in [-0.4, -0.2) is 46.7 Å². The minimum absolute atomic E-state index is 0.0642. The maximum atomic E-state index is 14.1. The minimum atomic E-state index is -0.955. The second kappa shape index (κ2) is 15.6. The van der Waals surface area contributed by atoms with Gasteiger partial charge in [-0.1, -0.05) is 74.7 Å². The van der Waals surface area contributed by atoms with E-state index in [2.05, 4.69) is 30.2 Å². The fourth-order valence-corrected chi connectivity index (χ4v) is 4.56. The summed E-state index contributed by atoms with van der Waals surface area (Å²) in [4.78, 5) is 42.1. The third kappa shape index (κ3) is 10.2. The number of benzene rings is 2. The highest BCUT2D eigenvalue weighted by Crippen LogP contribution is 2.28. The standard InChI is InChI=1S/C31H45N3O4S/c1-7-8-9-13-19-34(29(36)26(21-39)33-30(37)38-31(4,5)6)27(25-18-14-15-22(2)23(25)3)28(35)32-20-24-16-11-10-12-17-24/h10-12,14-18,26-27,39H,7-9,13,19-21H2,1-6H3,(H,32,35)(H,33,37). The molecule has 39 heavy (non-hydrogen) atoms. The first-order chi connectivity index (χ1) is 18.5. The molecule has 0 bridgehead atoms. The minimum Gasteiger partial charge on any atom is -0.444 e. The molecule has 0 saturated heterocycles. The van der Waals surface area contributed by atoms with Crippen LogP contribution < -0.4 is 10.6 Å². The molecule has 2 aromatic rings. The van der Waals surface area contributed by atoms with Gasteiger partial charge in [0.15, 0.2) is 0 Å². The summed E-state index contributed by atoms with van der Waals surface area (Å²) in [6.45, 7) is 12.1. The molecular formula is C31H45N3O4S. The van der Waals surface area contributed by atoms with Crippen LogP contribution in [0.1, 0.15) is 81.7 Å². The first-order valence-corrected chi connectivity index (χ1v) is 14.4. The van der Waals surface area contributed by atoms with E-state index in [9.17, 15) is 14.4 Å². The number of ether oxygens (including phenoxy) is 1. The summed E-state index contributed by atoms with van der Waals surface area (Å²) >= 11 is 4.38. The van der Waals surface area contributed by atoms with Crippen molar-refractivity contribution >= 4 is 30.5 Å². The van der Waals surface area contributed by atoms with Crippen LogP contribution in [-0.2, 0) is 20.9 Å². The molecule has 2 rings (SSSR count). The lowest BCUT2D eigenvalue weighted by molar-refractivity contribution is -0.142. The Balaban J connectivity index is 2.46. The summed E-state index contributed by atoms with van der Waals surface area (Å²) in [5.74, 6) is -0.575. The van der Waals surface area contributed by atoms with Crippen molar-refractivity contribution in [2.75, 3.05) is 12.3 Å². The number of rotatable bonds is 13. The predicted molar refractivity (Wildman–Crippen MR) is 160 cm³/mol. The Morgan fingerprint density at radius 3 is 2.28 bits per heavy atom. The Morgan fingerprint density at radius 1 is 0.974 bits per heavy atom. The van der Waals surface area contributed by atoms with Crippen LogP contribution in [0.4, 0.5) is 4.79 Å². The highest BCUT2D eigenvalue weighted by molar-refractivity contribution is 7.80. The number of aryl methyl sites for hydroxylation is 1. The van der Waals surface area contributed by atoms with Gasteiger partial charge in [0.25, 0.3) is 0 Å². The van der Waals surface area contributed by atoms with E-state index in [4.69, 9.17) is 4.74 Å².